The van der Waals surface area contributed by atoms with E-state index < -0.39 is 0 Å². The van der Waals surface area contributed by atoms with Gasteiger partial charge >= 0.3 is 0 Å². The summed E-state index contributed by atoms with van der Waals surface area (Å²) < 4.78 is 0. The summed E-state index contributed by atoms with van der Waals surface area (Å²) in [6.07, 6.45) is 0. The molecule has 0 aromatic heterocycles. The van der Waals surface area contributed by atoms with Crippen LogP contribution in [0.5, 0.6) is 0 Å². The molecule has 0 spiro atoms. The van der Waals surface area contributed by atoms with E-state index >= 15 is 0 Å². The van der Waals surface area contributed by atoms with Gasteiger partial charge in [-0.3, -0.25) is 4.79 Å². The van der Waals surface area contributed by atoms with E-state index in [-0.39, 0.29) is 17.5 Å². The Morgan fingerprint density at radius 2 is 2.06 bits per heavy atom. The first-order valence-corrected chi connectivity index (χ1v) is 6.45. The van der Waals surface area contributed by atoms with Crippen LogP contribution < -0.4 is 10.6 Å². The second kappa shape index (κ2) is 6.21. The van der Waals surface area contributed by atoms with Crippen molar-refractivity contribution < 1.29 is 4.79 Å². The van der Waals surface area contributed by atoms with Gasteiger partial charge in [-0.05, 0) is 45.4 Å². The van der Waals surface area contributed by atoms with Crippen LogP contribution in [-0.4, -0.2) is 18.0 Å². The minimum atomic E-state index is -0.196. The monoisotopic (exact) mass is 268 g/mol. The number of carbonyl (C=O) groups excluding carboxylic acids is 1. The molecule has 0 unspecified atom stereocenters. The Balaban J connectivity index is 2.46. The van der Waals surface area contributed by atoms with Crippen LogP contribution in [0.2, 0.25) is 5.02 Å². The molecule has 0 aliphatic carbocycles. The summed E-state index contributed by atoms with van der Waals surface area (Å²) >= 11 is 5.93. The van der Waals surface area contributed by atoms with E-state index in [1.54, 1.807) is 0 Å². The lowest BCUT2D eigenvalue weighted by Gasteiger charge is -2.21. The summed E-state index contributed by atoms with van der Waals surface area (Å²) in [6, 6.07) is 7.73. The number of amides is 1. The third-order valence-electron chi connectivity index (χ3n) is 2.43. The standard InChI is InChI=1S/C14H21ClN2O/c1-10(11-6-5-7-12(15)8-11)16-9-13(18)17-14(2,3)4/h5-8,10,16H,9H2,1-4H3,(H,17,18)/t10-/m0/s1. The van der Waals surface area contributed by atoms with Crippen LogP contribution in [0.1, 0.15) is 39.3 Å². The number of carbonyl (C=O) groups is 1. The number of benzene rings is 1. The largest absolute Gasteiger partial charge is 0.350 e. The van der Waals surface area contributed by atoms with Crippen LogP contribution in [0.3, 0.4) is 0 Å². The zero-order chi connectivity index (χ0) is 13.8. The van der Waals surface area contributed by atoms with Crippen LogP contribution in [0.4, 0.5) is 0 Å². The molecule has 0 aliphatic rings. The smallest absolute Gasteiger partial charge is 0.234 e. The number of halogens is 1. The molecule has 0 heterocycles. The molecule has 1 aromatic carbocycles. The molecule has 100 valence electrons. The van der Waals surface area contributed by atoms with Crippen molar-refractivity contribution in [1.29, 1.82) is 0 Å². The molecule has 0 fully saturated rings. The molecule has 2 N–H and O–H groups in total. The van der Waals surface area contributed by atoms with Crippen LogP contribution in [0.25, 0.3) is 0 Å². The molecule has 0 aliphatic heterocycles. The number of nitrogens with one attached hydrogen (secondary N) is 2. The Morgan fingerprint density at radius 1 is 1.39 bits per heavy atom. The van der Waals surface area contributed by atoms with Crippen molar-refractivity contribution in [2.75, 3.05) is 6.54 Å². The molecular formula is C14H21ClN2O. The third-order valence-corrected chi connectivity index (χ3v) is 2.67. The topological polar surface area (TPSA) is 41.1 Å². The highest BCUT2D eigenvalue weighted by molar-refractivity contribution is 6.30. The fourth-order valence-corrected chi connectivity index (χ4v) is 1.80. The molecule has 1 amide bonds. The second-order valence-electron chi connectivity index (χ2n) is 5.46. The number of hydrogen-bond acceptors (Lipinski definition) is 2. The highest BCUT2D eigenvalue weighted by Gasteiger charge is 2.14. The maximum absolute atomic E-state index is 11.7. The molecule has 1 atom stereocenters. The number of hydrogen-bond donors (Lipinski definition) is 2. The SMILES string of the molecule is C[C@H](NCC(=O)NC(C)(C)C)c1cccc(Cl)c1. The van der Waals surface area contributed by atoms with Gasteiger partial charge in [0.2, 0.25) is 5.91 Å². The predicted molar refractivity (Wildman–Crippen MR) is 75.8 cm³/mol. The van der Waals surface area contributed by atoms with Crippen molar-refractivity contribution in [2.45, 2.75) is 39.3 Å². The van der Waals surface area contributed by atoms with Gasteiger partial charge in [0, 0.05) is 16.6 Å². The van der Waals surface area contributed by atoms with Crippen molar-refractivity contribution in [3.05, 3.63) is 34.9 Å². The fourth-order valence-electron chi connectivity index (χ4n) is 1.60. The molecule has 4 heteroatoms. The van der Waals surface area contributed by atoms with Crippen LogP contribution in [0, 0.1) is 0 Å². The van der Waals surface area contributed by atoms with Gasteiger partial charge in [0.15, 0.2) is 0 Å². The minimum absolute atomic E-state index is 0.00335. The zero-order valence-corrected chi connectivity index (χ0v) is 12.1. The lowest BCUT2D eigenvalue weighted by Crippen LogP contribution is -2.45. The molecule has 0 radical (unpaired) electrons. The van der Waals surface area contributed by atoms with E-state index in [0.717, 1.165) is 5.56 Å². The van der Waals surface area contributed by atoms with Gasteiger partial charge in [-0.2, -0.15) is 0 Å². The normalized spacial score (nSPS) is 13.2. The van der Waals surface area contributed by atoms with E-state index in [1.165, 1.54) is 0 Å². The lowest BCUT2D eigenvalue weighted by atomic mass is 10.1. The van der Waals surface area contributed by atoms with Crippen LogP contribution in [-0.2, 0) is 4.79 Å². The highest BCUT2D eigenvalue weighted by atomic mass is 35.5. The van der Waals surface area contributed by atoms with Crippen molar-refractivity contribution in [3.63, 3.8) is 0 Å². The van der Waals surface area contributed by atoms with Gasteiger partial charge in [0.1, 0.15) is 0 Å². The summed E-state index contributed by atoms with van der Waals surface area (Å²) in [6.45, 7) is 8.20. The molecule has 18 heavy (non-hydrogen) atoms. The Kier molecular flexibility index (Phi) is 5.17. The summed E-state index contributed by atoms with van der Waals surface area (Å²) in [7, 11) is 0. The van der Waals surface area contributed by atoms with Gasteiger partial charge in [-0.1, -0.05) is 23.7 Å². The Morgan fingerprint density at radius 3 is 2.61 bits per heavy atom. The van der Waals surface area contributed by atoms with Crippen molar-refractivity contribution in [2.24, 2.45) is 0 Å². The van der Waals surface area contributed by atoms with Gasteiger partial charge in [0.25, 0.3) is 0 Å². The molecule has 0 bridgehead atoms. The first kappa shape index (κ1) is 15.0. The van der Waals surface area contributed by atoms with Crippen molar-refractivity contribution >= 4 is 17.5 Å². The molecule has 0 saturated heterocycles. The second-order valence-corrected chi connectivity index (χ2v) is 5.89. The lowest BCUT2D eigenvalue weighted by molar-refractivity contribution is -0.121. The van der Waals surface area contributed by atoms with Gasteiger partial charge in [-0.15, -0.1) is 0 Å². The molecule has 1 aromatic rings. The first-order valence-electron chi connectivity index (χ1n) is 6.08. The van der Waals surface area contributed by atoms with E-state index in [9.17, 15) is 4.79 Å². The van der Waals surface area contributed by atoms with E-state index in [4.69, 9.17) is 11.6 Å². The molecule has 1 rings (SSSR count). The van der Waals surface area contributed by atoms with Gasteiger partial charge in [-0.25, -0.2) is 0 Å². The average Bonchev–Trinajstić information content (AvgIpc) is 2.23. The summed E-state index contributed by atoms with van der Waals surface area (Å²) in [5, 5.41) is 6.80. The van der Waals surface area contributed by atoms with Crippen molar-refractivity contribution in [1.82, 2.24) is 10.6 Å². The Bertz CT molecular complexity index is 413. The average molecular weight is 269 g/mol. The molecule has 3 nitrogen and oxygen atoms in total. The number of rotatable bonds is 4. The first-order chi connectivity index (χ1) is 8.28. The Labute approximate surface area is 114 Å². The van der Waals surface area contributed by atoms with Crippen molar-refractivity contribution in [3.8, 4) is 0 Å². The van der Waals surface area contributed by atoms with E-state index in [2.05, 4.69) is 10.6 Å². The minimum Gasteiger partial charge on any atom is -0.350 e. The van der Waals surface area contributed by atoms with Crippen LogP contribution >= 0.6 is 11.6 Å². The fraction of sp³-hybridized carbons (Fsp3) is 0.500. The molecule has 0 saturated carbocycles. The van der Waals surface area contributed by atoms with Gasteiger partial charge in [0.05, 0.1) is 6.54 Å². The summed E-state index contributed by atoms with van der Waals surface area (Å²) in [5.41, 5.74) is 0.879. The maximum atomic E-state index is 11.7. The maximum Gasteiger partial charge on any atom is 0.234 e. The zero-order valence-electron chi connectivity index (χ0n) is 11.4. The quantitative estimate of drug-likeness (QED) is 0.882. The van der Waals surface area contributed by atoms with Gasteiger partial charge < -0.3 is 10.6 Å². The predicted octanol–water partition coefficient (Wildman–Crippen LogP) is 2.91. The Hall–Kier alpha value is -1.06. The third kappa shape index (κ3) is 5.52. The molecular weight excluding hydrogens is 248 g/mol. The van der Waals surface area contributed by atoms with E-state index in [1.807, 2.05) is 52.0 Å². The summed E-state index contributed by atoms with van der Waals surface area (Å²) in [5.74, 6) is -0.00335. The highest BCUT2D eigenvalue weighted by Crippen LogP contribution is 2.16. The van der Waals surface area contributed by atoms with E-state index in [0.29, 0.717) is 11.6 Å². The van der Waals surface area contributed by atoms with Crippen LogP contribution in [0.15, 0.2) is 24.3 Å². The summed E-state index contributed by atoms with van der Waals surface area (Å²) in [4.78, 5) is 11.7.